The summed E-state index contributed by atoms with van der Waals surface area (Å²) in [4.78, 5) is 15.0. The Balaban J connectivity index is 2.51. The predicted octanol–water partition coefficient (Wildman–Crippen LogP) is 2.28. The minimum absolute atomic E-state index is 0.259. The first-order chi connectivity index (χ1) is 9.15. The van der Waals surface area contributed by atoms with E-state index in [0.29, 0.717) is 11.8 Å². The number of aryl methyl sites for hydroxylation is 1. The van der Waals surface area contributed by atoms with E-state index in [9.17, 15) is 0 Å². The Morgan fingerprint density at radius 1 is 1.05 bits per heavy atom. The molecule has 2 N–H and O–H groups in total. The van der Waals surface area contributed by atoms with Crippen molar-refractivity contribution in [1.29, 1.82) is 0 Å². The van der Waals surface area contributed by atoms with Crippen LogP contribution in [-0.2, 0) is 0 Å². The standard InChI is InChI=1S/C14H19N5/c1-4-19(5-2)14-17-12(16-13(15)18-14)11-9-7-6-8-10(11)3/h6-9H,4-5H2,1-3H3,(H2,15,16,17,18). The predicted molar refractivity (Wildman–Crippen MR) is 78.0 cm³/mol. The van der Waals surface area contributed by atoms with Gasteiger partial charge in [-0.2, -0.15) is 15.0 Å². The summed E-state index contributed by atoms with van der Waals surface area (Å²) in [5.74, 6) is 1.53. The topological polar surface area (TPSA) is 67.9 Å². The van der Waals surface area contributed by atoms with E-state index in [1.165, 1.54) is 0 Å². The zero-order valence-corrected chi connectivity index (χ0v) is 11.6. The van der Waals surface area contributed by atoms with Crippen LogP contribution in [0.3, 0.4) is 0 Å². The molecule has 0 bridgehead atoms. The van der Waals surface area contributed by atoms with Gasteiger partial charge in [0.25, 0.3) is 0 Å². The van der Waals surface area contributed by atoms with E-state index >= 15 is 0 Å². The second kappa shape index (κ2) is 5.65. The lowest BCUT2D eigenvalue weighted by Gasteiger charge is -2.19. The number of rotatable bonds is 4. The maximum atomic E-state index is 5.81. The van der Waals surface area contributed by atoms with Gasteiger partial charge in [0.2, 0.25) is 11.9 Å². The van der Waals surface area contributed by atoms with Crippen LogP contribution >= 0.6 is 0 Å². The van der Waals surface area contributed by atoms with Crippen LogP contribution in [-0.4, -0.2) is 28.0 Å². The SMILES string of the molecule is CCN(CC)c1nc(N)nc(-c2ccccc2C)n1. The highest BCUT2D eigenvalue weighted by Crippen LogP contribution is 2.21. The fourth-order valence-corrected chi connectivity index (χ4v) is 1.97. The third kappa shape index (κ3) is 2.81. The molecule has 5 heteroatoms. The fraction of sp³-hybridized carbons (Fsp3) is 0.357. The maximum Gasteiger partial charge on any atom is 0.230 e. The molecule has 1 aromatic carbocycles. The summed E-state index contributed by atoms with van der Waals surface area (Å²) in [7, 11) is 0. The van der Waals surface area contributed by atoms with Gasteiger partial charge in [0.1, 0.15) is 0 Å². The van der Waals surface area contributed by atoms with Crippen molar-refractivity contribution in [2.75, 3.05) is 23.7 Å². The van der Waals surface area contributed by atoms with Crippen molar-refractivity contribution in [3.63, 3.8) is 0 Å². The number of hydrogen-bond acceptors (Lipinski definition) is 5. The molecule has 5 nitrogen and oxygen atoms in total. The Hall–Kier alpha value is -2.17. The van der Waals surface area contributed by atoms with Crippen LogP contribution in [0.1, 0.15) is 19.4 Å². The van der Waals surface area contributed by atoms with Gasteiger partial charge in [-0.25, -0.2) is 0 Å². The second-order valence-corrected chi connectivity index (χ2v) is 4.30. The Morgan fingerprint density at radius 3 is 2.37 bits per heavy atom. The van der Waals surface area contributed by atoms with Crippen molar-refractivity contribution >= 4 is 11.9 Å². The van der Waals surface area contributed by atoms with Crippen molar-refractivity contribution in [3.05, 3.63) is 29.8 Å². The molecule has 2 rings (SSSR count). The Morgan fingerprint density at radius 2 is 1.74 bits per heavy atom. The average molecular weight is 257 g/mol. The van der Waals surface area contributed by atoms with Gasteiger partial charge < -0.3 is 10.6 Å². The van der Waals surface area contributed by atoms with Crippen molar-refractivity contribution in [1.82, 2.24) is 15.0 Å². The lowest BCUT2D eigenvalue weighted by molar-refractivity contribution is 0.816. The first-order valence-electron chi connectivity index (χ1n) is 6.48. The Kier molecular flexibility index (Phi) is 3.94. The van der Waals surface area contributed by atoms with Crippen molar-refractivity contribution in [2.45, 2.75) is 20.8 Å². The number of nitrogens with two attached hydrogens (primary N) is 1. The van der Waals surface area contributed by atoms with E-state index in [1.54, 1.807) is 0 Å². The number of anilines is 2. The molecule has 2 aromatic rings. The molecule has 0 radical (unpaired) electrons. The van der Waals surface area contributed by atoms with Gasteiger partial charge in [-0.05, 0) is 26.3 Å². The molecule has 0 aliphatic heterocycles. The minimum Gasteiger partial charge on any atom is -0.368 e. The molecule has 100 valence electrons. The van der Waals surface area contributed by atoms with Gasteiger partial charge in [0.15, 0.2) is 5.82 Å². The lowest BCUT2D eigenvalue weighted by Crippen LogP contribution is -2.25. The quantitative estimate of drug-likeness (QED) is 0.910. The number of aromatic nitrogens is 3. The molecule has 0 saturated heterocycles. The van der Waals surface area contributed by atoms with Gasteiger partial charge in [-0.1, -0.05) is 24.3 Å². The Labute approximate surface area is 113 Å². The molecule has 1 heterocycles. The third-order valence-electron chi connectivity index (χ3n) is 3.07. The minimum atomic E-state index is 0.259. The molecule has 0 aliphatic carbocycles. The molecule has 1 aromatic heterocycles. The number of benzene rings is 1. The van der Waals surface area contributed by atoms with Crippen LogP contribution in [0.25, 0.3) is 11.4 Å². The van der Waals surface area contributed by atoms with Gasteiger partial charge in [0, 0.05) is 18.7 Å². The largest absolute Gasteiger partial charge is 0.368 e. The molecular weight excluding hydrogens is 238 g/mol. The normalized spacial score (nSPS) is 10.5. The summed E-state index contributed by atoms with van der Waals surface area (Å²) in [5.41, 5.74) is 7.92. The van der Waals surface area contributed by atoms with Crippen molar-refractivity contribution < 1.29 is 0 Å². The monoisotopic (exact) mass is 257 g/mol. The average Bonchev–Trinajstić information content (AvgIpc) is 2.40. The van der Waals surface area contributed by atoms with E-state index in [1.807, 2.05) is 31.2 Å². The van der Waals surface area contributed by atoms with Crippen LogP contribution in [0.15, 0.2) is 24.3 Å². The zero-order chi connectivity index (χ0) is 13.8. The molecule has 0 aliphatic rings. The Bertz CT molecular complexity index is 564. The summed E-state index contributed by atoms with van der Waals surface area (Å²) < 4.78 is 0. The highest BCUT2D eigenvalue weighted by atomic mass is 15.3. The van der Waals surface area contributed by atoms with Crippen LogP contribution in [0, 0.1) is 6.92 Å². The first-order valence-corrected chi connectivity index (χ1v) is 6.48. The molecule has 0 spiro atoms. The van der Waals surface area contributed by atoms with E-state index < -0.39 is 0 Å². The number of nitrogen functional groups attached to an aromatic ring is 1. The summed E-state index contributed by atoms with van der Waals surface area (Å²) in [6.45, 7) is 7.85. The molecule has 0 unspecified atom stereocenters. The second-order valence-electron chi connectivity index (χ2n) is 4.30. The van der Waals surface area contributed by atoms with Gasteiger partial charge in [-0.15, -0.1) is 0 Å². The van der Waals surface area contributed by atoms with Crippen LogP contribution in [0.2, 0.25) is 0 Å². The van der Waals surface area contributed by atoms with Gasteiger partial charge >= 0.3 is 0 Å². The highest BCUT2D eigenvalue weighted by molar-refractivity contribution is 5.61. The number of nitrogens with zero attached hydrogens (tertiary/aromatic N) is 4. The molecule has 19 heavy (non-hydrogen) atoms. The van der Waals surface area contributed by atoms with E-state index in [0.717, 1.165) is 24.2 Å². The lowest BCUT2D eigenvalue weighted by atomic mass is 10.1. The zero-order valence-electron chi connectivity index (χ0n) is 11.6. The maximum absolute atomic E-state index is 5.81. The fourth-order valence-electron chi connectivity index (χ4n) is 1.97. The summed E-state index contributed by atoms with van der Waals surface area (Å²) in [5, 5.41) is 0. The first kappa shape index (κ1) is 13.3. The van der Waals surface area contributed by atoms with E-state index in [2.05, 4.69) is 33.7 Å². The number of hydrogen-bond donors (Lipinski definition) is 1. The molecular formula is C14H19N5. The summed E-state index contributed by atoms with van der Waals surface area (Å²) >= 11 is 0. The van der Waals surface area contributed by atoms with Crippen molar-refractivity contribution in [3.8, 4) is 11.4 Å². The molecule has 0 atom stereocenters. The van der Waals surface area contributed by atoms with Gasteiger partial charge in [0.05, 0.1) is 0 Å². The smallest absolute Gasteiger partial charge is 0.230 e. The van der Waals surface area contributed by atoms with Crippen LogP contribution in [0.4, 0.5) is 11.9 Å². The third-order valence-corrected chi connectivity index (χ3v) is 3.07. The molecule has 0 fully saturated rings. The molecule has 0 amide bonds. The highest BCUT2D eigenvalue weighted by Gasteiger charge is 2.12. The summed E-state index contributed by atoms with van der Waals surface area (Å²) in [6.07, 6.45) is 0. The van der Waals surface area contributed by atoms with Crippen molar-refractivity contribution in [2.24, 2.45) is 0 Å². The van der Waals surface area contributed by atoms with Crippen LogP contribution in [0.5, 0.6) is 0 Å². The molecule has 0 saturated carbocycles. The van der Waals surface area contributed by atoms with Gasteiger partial charge in [-0.3, -0.25) is 0 Å². The van der Waals surface area contributed by atoms with Crippen LogP contribution < -0.4 is 10.6 Å². The summed E-state index contributed by atoms with van der Waals surface area (Å²) in [6, 6.07) is 8.00. The van der Waals surface area contributed by atoms with E-state index in [-0.39, 0.29) is 5.95 Å². The van der Waals surface area contributed by atoms with E-state index in [4.69, 9.17) is 5.73 Å².